The van der Waals surface area contributed by atoms with Gasteiger partial charge in [-0.25, -0.2) is 15.0 Å². The van der Waals surface area contributed by atoms with Crippen LogP contribution in [0.1, 0.15) is 12.6 Å². The van der Waals surface area contributed by atoms with Gasteiger partial charge in [-0.2, -0.15) is 8.42 Å². The van der Waals surface area contributed by atoms with Gasteiger partial charge in [0.15, 0.2) is 23.2 Å². The highest BCUT2D eigenvalue weighted by molar-refractivity contribution is 7.79. The van der Waals surface area contributed by atoms with Crippen molar-refractivity contribution in [1.29, 1.82) is 0 Å². The third-order valence-electron chi connectivity index (χ3n) is 4.56. The number of likely N-dealkylation sites (N-methyl/N-ethyl adjacent to an activating group) is 1. The Balaban J connectivity index is 0.000000614. The summed E-state index contributed by atoms with van der Waals surface area (Å²) in [5, 5.41) is 24.0. The van der Waals surface area contributed by atoms with Crippen LogP contribution in [0.4, 0.5) is 11.8 Å². The molecule has 0 radical (unpaired) electrons. The number of anilines is 2. The van der Waals surface area contributed by atoms with Crippen molar-refractivity contribution in [2.75, 3.05) is 44.8 Å². The number of imidazole rings is 1. The predicted molar refractivity (Wildman–Crippen MR) is 111 cm³/mol. The maximum atomic E-state index is 10.6. The van der Waals surface area contributed by atoms with Gasteiger partial charge in [-0.15, -0.1) is 0 Å². The Morgan fingerprint density at radius 2 is 1.94 bits per heavy atom. The second-order valence-electron chi connectivity index (χ2n) is 6.89. The number of nitrogens with two attached hydrogens (primary N) is 2. The van der Waals surface area contributed by atoms with E-state index in [-0.39, 0.29) is 5.82 Å². The zero-order valence-electron chi connectivity index (χ0n) is 17.0. The summed E-state index contributed by atoms with van der Waals surface area (Å²) in [6.45, 7) is 1.84. The third-order valence-corrected chi connectivity index (χ3v) is 4.56. The quantitative estimate of drug-likeness (QED) is 0.213. The molecule has 0 amide bonds. The molecule has 2 unspecified atom stereocenters. The largest absolute Gasteiger partial charge is 0.394 e. The van der Waals surface area contributed by atoms with Crippen molar-refractivity contribution in [3.8, 4) is 0 Å². The molecule has 0 spiro atoms. The number of aromatic nitrogens is 4. The van der Waals surface area contributed by atoms with Gasteiger partial charge in [0.25, 0.3) is 0 Å². The fourth-order valence-corrected chi connectivity index (χ4v) is 3.20. The third kappa shape index (κ3) is 6.40. The lowest BCUT2D eigenvalue weighted by Gasteiger charge is -2.22. The number of nitrogens with one attached hydrogen (secondary N) is 1. The molecule has 1 fully saturated rings. The molecular formula is C15H28N8O7S. The highest BCUT2D eigenvalue weighted by Gasteiger charge is 2.45. The topological polar surface area (TPSA) is 235 Å². The Labute approximate surface area is 178 Å². The normalized spacial score (nSPS) is 23.7. The number of hydrogen-bond acceptors (Lipinski definition) is 12. The van der Waals surface area contributed by atoms with E-state index in [0.29, 0.717) is 30.2 Å². The highest BCUT2D eigenvalue weighted by Crippen LogP contribution is 2.35. The molecule has 0 saturated carbocycles. The standard InChI is InChI=1S/C15H26N8O3.H2O4S/c1-18-15-21-9-12(17)19-7-20-13(9)23(15)14-11(25)10(24)8(26-14)6-22(2)5-3-4-16;1-5(2,3)4/h7-8,10-11,14,24-25H,3-6,16H2,1-2H3,(H,18,21)(H2,17,19,20);(H2,1,2,3,4)/t8-,10?,11?,14-;/m1./s1. The minimum Gasteiger partial charge on any atom is -0.387 e. The van der Waals surface area contributed by atoms with Crippen molar-refractivity contribution < 1.29 is 32.5 Å². The smallest absolute Gasteiger partial charge is 0.387 e. The van der Waals surface area contributed by atoms with Gasteiger partial charge in [0.05, 0.1) is 0 Å². The maximum Gasteiger partial charge on any atom is 0.394 e. The fraction of sp³-hybridized carbons (Fsp3) is 0.667. The molecular weight excluding hydrogens is 436 g/mol. The first kappa shape index (κ1) is 25.1. The summed E-state index contributed by atoms with van der Waals surface area (Å²) >= 11 is 0. The molecule has 2 aromatic rings. The van der Waals surface area contributed by atoms with Gasteiger partial charge in [0.2, 0.25) is 5.95 Å². The van der Waals surface area contributed by atoms with E-state index in [1.54, 1.807) is 11.6 Å². The Bertz CT molecular complexity index is 964. The first-order valence-electron chi connectivity index (χ1n) is 9.24. The van der Waals surface area contributed by atoms with Crippen LogP contribution in [0.2, 0.25) is 0 Å². The zero-order chi connectivity index (χ0) is 23.3. The summed E-state index contributed by atoms with van der Waals surface area (Å²) < 4.78 is 39.2. The molecule has 1 aliphatic rings. The molecule has 3 rings (SSSR count). The van der Waals surface area contributed by atoms with Crippen molar-refractivity contribution in [2.45, 2.75) is 31.0 Å². The van der Waals surface area contributed by atoms with Crippen LogP contribution in [0.25, 0.3) is 11.2 Å². The van der Waals surface area contributed by atoms with E-state index in [4.69, 9.17) is 33.7 Å². The van der Waals surface area contributed by atoms with Gasteiger partial charge in [0, 0.05) is 13.6 Å². The molecule has 9 N–H and O–H groups in total. The minimum absolute atomic E-state index is 0.233. The Morgan fingerprint density at radius 3 is 2.52 bits per heavy atom. The first-order chi connectivity index (χ1) is 14.5. The number of hydrogen-bond donors (Lipinski definition) is 7. The second kappa shape index (κ2) is 10.4. The molecule has 3 heterocycles. The summed E-state index contributed by atoms with van der Waals surface area (Å²) in [6, 6.07) is 0. The van der Waals surface area contributed by atoms with Gasteiger partial charge < -0.3 is 36.6 Å². The molecule has 176 valence electrons. The minimum atomic E-state index is -4.67. The van der Waals surface area contributed by atoms with Crippen molar-refractivity contribution in [3.05, 3.63) is 6.33 Å². The number of nitrogens with zero attached hydrogens (tertiary/aromatic N) is 5. The van der Waals surface area contributed by atoms with Crippen LogP contribution < -0.4 is 16.8 Å². The Kier molecular flexibility index (Phi) is 8.43. The van der Waals surface area contributed by atoms with E-state index in [0.717, 1.165) is 13.0 Å². The van der Waals surface area contributed by atoms with Crippen LogP contribution in [0.15, 0.2) is 6.33 Å². The van der Waals surface area contributed by atoms with Crippen LogP contribution in [-0.4, -0.2) is 104 Å². The molecule has 1 aliphatic heterocycles. The van der Waals surface area contributed by atoms with E-state index in [1.165, 1.54) is 6.33 Å². The molecule has 1 saturated heterocycles. The number of aliphatic hydroxyl groups is 2. The van der Waals surface area contributed by atoms with Gasteiger partial charge in [-0.3, -0.25) is 13.7 Å². The lowest BCUT2D eigenvalue weighted by atomic mass is 10.1. The number of aliphatic hydroxyl groups excluding tert-OH is 2. The fourth-order valence-electron chi connectivity index (χ4n) is 3.20. The summed E-state index contributed by atoms with van der Waals surface area (Å²) in [5.74, 6) is 0.650. The average molecular weight is 465 g/mol. The van der Waals surface area contributed by atoms with E-state index in [1.807, 2.05) is 11.9 Å². The molecule has 15 nitrogen and oxygen atoms in total. The summed E-state index contributed by atoms with van der Waals surface area (Å²) in [6.07, 6.45) is -1.41. The van der Waals surface area contributed by atoms with Crippen molar-refractivity contribution in [2.24, 2.45) is 5.73 Å². The van der Waals surface area contributed by atoms with Crippen LogP contribution in [0.5, 0.6) is 0 Å². The van der Waals surface area contributed by atoms with Gasteiger partial charge in [-0.1, -0.05) is 0 Å². The summed E-state index contributed by atoms with van der Waals surface area (Å²) in [4.78, 5) is 14.5. The van der Waals surface area contributed by atoms with Gasteiger partial charge in [0.1, 0.15) is 24.6 Å². The van der Waals surface area contributed by atoms with Crippen molar-refractivity contribution >= 4 is 33.3 Å². The van der Waals surface area contributed by atoms with E-state index >= 15 is 0 Å². The predicted octanol–water partition coefficient (Wildman–Crippen LogP) is -2.30. The van der Waals surface area contributed by atoms with Crippen LogP contribution in [-0.2, 0) is 15.1 Å². The number of ether oxygens (including phenoxy) is 1. The second-order valence-corrected chi connectivity index (χ2v) is 7.78. The molecule has 16 heteroatoms. The highest BCUT2D eigenvalue weighted by atomic mass is 32.3. The van der Waals surface area contributed by atoms with Crippen molar-refractivity contribution in [1.82, 2.24) is 24.4 Å². The van der Waals surface area contributed by atoms with E-state index in [2.05, 4.69) is 20.3 Å². The van der Waals surface area contributed by atoms with Crippen LogP contribution in [0, 0.1) is 0 Å². The lowest BCUT2D eigenvalue weighted by molar-refractivity contribution is -0.0410. The summed E-state index contributed by atoms with van der Waals surface area (Å²) in [7, 11) is -1.05. The van der Waals surface area contributed by atoms with Gasteiger partial charge >= 0.3 is 10.4 Å². The van der Waals surface area contributed by atoms with E-state index < -0.39 is 34.9 Å². The van der Waals surface area contributed by atoms with Gasteiger partial charge in [-0.05, 0) is 26.6 Å². The monoisotopic (exact) mass is 464 g/mol. The average Bonchev–Trinajstić information content (AvgIpc) is 3.18. The van der Waals surface area contributed by atoms with Crippen LogP contribution in [0.3, 0.4) is 0 Å². The van der Waals surface area contributed by atoms with E-state index in [9.17, 15) is 10.2 Å². The Morgan fingerprint density at radius 1 is 1.29 bits per heavy atom. The van der Waals surface area contributed by atoms with Crippen molar-refractivity contribution in [3.63, 3.8) is 0 Å². The summed E-state index contributed by atoms with van der Waals surface area (Å²) in [5.41, 5.74) is 12.2. The molecule has 0 bridgehead atoms. The lowest BCUT2D eigenvalue weighted by Crippen LogP contribution is -2.39. The van der Waals surface area contributed by atoms with Crippen LogP contribution >= 0.6 is 0 Å². The molecule has 0 aliphatic carbocycles. The maximum absolute atomic E-state index is 10.6. The number of rotatable bonds is 7. The number of fused-ring (bicyclic) bond motifs is 1. The number of nitrogen functional groups attached to an aromatic ring is 1. The molecule has 31 heavy (non-hydrogen) atoms. The molecule has 0 aromatic carbocycles. The molecule has 2 aromatic heterocycles. The SMILES string of the molecule is CNc1nc2c(N)ncnc2n1[C@@H]1O[C@H](CN(C)CCCN)C(O)C1O.O=S(=O)(O)O. The Hall–Kier alpha value is -2.18. The zero-order valence-corrected chi connectivity index (χ0v) is 17.8. The molecule has 4 atom stereocenters. The first-order valence-corrected chi connectivity index (χ1v) is 10.6.